The first-order chi connectivity index (χ1) is 11.2. The maximum absolute atomic E-state index is 12.7. The highest BCUT2D eigenvalue weighted by Crippen LogP contribution is 2.23. The van der Waals surface area contributed by atoms with Crippen LogP contribution in [0.2, 0.25) is 0 Å². The van der Waals surface area contributed by atoms with Crippen LogP contribution in [0.4, 0.5) is 0 Å². The summed E-state index contributed by atoms with van der Waals surface area (Å²) in [6.07, 6.45) is 7.96. The normalized spacial score (nSPS) is 17.5. The van der Waals surface area contributed by atoms with Gasteiger partial charge in [-0.05, 0) is 24.6 Å². The summed E-state index contributed by atoms with van der Waals surface area (Å²) in [6.45, 7) is 1.33. The maximum atomic E-state index is 12.7. The Balaban J connectivity index is 1.52. The number of nitriles is 1. The van der Waals surface area contributed by atoms with Gasteiger partial charge in [0.05, 0.1) is 23.4 Å². The van der Waals surface area contributed by atoms with Crippen molar-refractivity contribution in [3.8, 4) is 6.07 Å². The minimum atomic E-state index is 0.0452. The van der Waals surface area contributed by atoms with E-state index in [2.05, 4.69) is 11.2 Å². The number of aromatic nitrogens is 3. The maximum Gasteiger partial charge on any atom is 0.255 e. The molecule has 0 radical (unpaired) electrons. The number of fused-ring (bicyclic) bond motifs is 1. The zero-order valence-corrected chi connectivity index (χ0v) is 12.5. The van der Waals surface area contributed by atoms with E-state index in [-0.39, 0.29) is 11.9 Å². The molecule has 1 fully saturated rings. The van der Waals surface area contributed by atoms with Crippen molar-refractivity contribution in [3.63, 3.8) is 0 Å². The minimum Gasteiger partial charge on any atom is -0.336 e. The quantitative estimate of drug-likeness (QED) is 0.728. The van der Waals surface area contributed by atoms with Gasteiger partial charge in [-0.2, -0.15) is 10.4 Å². The molecule has 23 heavy (non-hydrogen) atoms. The molecule has 3 aromatic heterocycles. The molecule has 1 atom stereocenters. The summed E-state index contributed by atoms with van der Waals surface area (Å²) in [5.74, 6) is 0.0452. The van der Waals surface area contributed by atoms with E-state index in [1.807, 2.05) is 46.0 Å². The Hall–Kier alpha value is -3.07. The number of carbonyl (C=O) groups excluding carboxylic acids is 1. The number of pyridine rings is 1. The van der Waals surface area contributed by atoms with Crippen LogP contribution in [0.15, 0.2) is 49.1 Å². The molecule has 0 saturated carbocycles. The Bertz CT molecular complexity index is 883. The van der Waals surface area contributed by atoms with Crippen LogP contribution in [0.1, 0.15) is 28.4 Å². The molecule has 4 heterocycles. The molecule has 0 spiro atoms. The minimum absolute atomic E-state index is 0.0452. The van der Waals surface area contributed by atoms with Crippen molar-refractivity contribution in [3.05, 3.63) is 60.2 Å². The molecule has 6 nitrogen and oxygen atoms in total. The van der Waals surface area contributed by atoms with Gasteiger partial charge in [0, 0.05) is 37.2 Å². The number of amides is 1. The molecule has 0 aromatic carbocycles. The van der Waals surface area contributed by atoms with Crippen LogP contribution in [0, 0.1) is 11.3 Å². The molecule has 0 bridgehead atoms. The number of hydrogen-bond acceptors (Lipinski definition) is 3. The number of hydrogen-bond donors (Lipinski definition) is 0. The number of likely N-dealkylation sites (tertiary alicyclic amines) is 1. The predicted molar refractivity (Wildman–Crippen MR) is 83.9 cm³/mol. The van der Waals surface area contributed by atoms with Crippen LogP contribution in [-0.4, -0.2) is 38.1 Å². The summed E-state index contributed by atoms with van der Waals surface area (Å²) >= 11 is 0. The van der Waals surface area contributed by atoms with E-state index >= 15 is 0 Å². The first-order valence-corrected chi connectivity index (χ1v) is 7.55. The molecule has 1 saturated heterocycles. The molecule has 114 valence electrons. The highest BCUT2D eigenvalue weighted by Gasteiger charge is 2.29. The lowest BCUT2D eigenvalue weighted by Crippen LogP contribution is -2.28. The molecule has 6 heteroatoms. The third-order valence-electron chi connectivity index (χ3n) is 4.31. The van der Waals surface area contributed by atoms with Gasteiger partial charge < -0.3 is 9.30 Å². The Kier molecular flexibility index (Phi) is 3.12. The van der Waals surface area contributed by atoms with Gasteiger partial charge in [0.15, 0.2) is 0 Å². The van der Waals surface area contributed by atoms with Crippen molar-refractivity contribution >= 4 is 11.4 Å². The van der Waals surface area contributed by atoms with Gasteiger partial charge in [-0.1, -0.05) is 6.07 Å². The van der Waals surface area contributed by atoms with Gasteiger partial charge in [0.25, 0.3) is 5.91 Å². The molecule has 1 amide bonds. The Morgan fingerprint density at radius 3 is 3.04 bits per heavy atom. The van der Waals surface area contributed by atoms with E-state index in [0.29, 0.717) is 24.2 Å². The molecule has 0 aliphatic carbocycles. The van der Waals surface area contributed by atoms with Gasteiger partial charge in [-0.15, -0.1) is 0 Å². The van der Waals surface area contributed by atoms with Crippen LogP contribution < -0.4 is 0 Å². The number of carbonyl (C=O) groups is 1. The molecular weight excluding hydrogens is 290 g/mol. The van der Waals surface area contributed by atoms with Crippen molar-refractivity contribution in [2.24, 2.45) is 0 Å². The van der Waals surface area contributed by atoms with Gasteiger partial charge in [-0.25, -0.2) is 0 Å². The van der Waals surface area contributed by atoms with Crippen LogP contribution in [-0.2, 0) is 0 Å². The second-order valence-corrected chi connectivity index (χ2v) is 5.78. The standard InChI is InChI=1S/C17H15N5O/c18-8-13-9-19-22(10-13)16-4-6-21(12-16)17(23)14-7-15-3-1-2-5-20(15)11-14/h1-3,5,7,9-11,16H,4,6,12H2. The highest BCUT2D eigenvalue weighted by molar-refractivity contribution is 5.95. The third-order valence-corrected chi connectivity index (χ3v) is 4.31. The molecule has 1 aliphatic rings. The zero-order chi connectivity index (χ0) is 15.8. The van der Waals surface area contributed by atoms with E-state index in [0.717, 1.165) is 11.9 Å². The van der Waals surface area contributed by atoms with Gasteiger partial charge in [0.2, 0.25) is 0 Å². The number of rotatable bonds is 2. The fourth-order valence-corrected chi connectivity index (χ4v) is 3.09. The summed E-state index contributed by atoms with van der Waals surface area (Å²) in [5, 5.41) is 13.1. The lowest BCUT2D eigenvalue weighted by atomic mass is 10.2. The summed E-state index contributed by atoms with van der Waals surface area (Å²) < 4.78 is 3.75. The van der Waals surface area contributed by atoms with Crippen molar-refractivity contribution in [2.45, 2.75) is 12.5 Å². The second kappa shape index (κ2) is 5.29. The second-order valence-electron chi connectivity index (χ2n) is 5.78. The van der Waals surface area contributed by atoms with Gasteiger partial charge in [0.1, 0.15) is 6.07 Å². The first-order valence-electron chi connectivity index (χ1n) is 7.55. The molecule has 3 aromatic rings. The van der Waals surface area contributed by atoms with Crippen LogP contribution in [0.5, 0.6) is 0 Å². The fraction of sp³-hybridized carbons (Fsp3) is 0.235. The van der Waals surface area contributed by atoms with Crippen molar-refractivity contribution in [2.75, 3.05) is 13.1 Å². The lowest BCUT2D eigenvalue weighted by Gasteiger charge is -2.15. The predicted octanol–water partition coefficient (Wildman–Crippen LogP) is 2.09. The Labute approximate surface area is 133 Å². The molecular formula is C17H15N5O. The van der Waals surface area contributed by atoms with E-state index < -0.39 is 0 Å². The molecule has 0 N–H and O–H groups in total. The monoisotopic (exact) mass is 305 g/mol. The van der Waals surface area contributed by atoms with Crippen molar-refractivity contribution < 1.29 is 4.79 Å². The van der Waals surface area contributed by atoms with E-state index in [9.17, 15) is 4.79 Å². The van der Waals surface area contributed by atoms with E-state index in [1.165, 1.54) is 0 Å². The summed E-state index contributed by atoms with van der Waals surface area (Å²) in [7, 11) is 0. The first kappa shape index (κ1) is 13.6. The SMILES string of the molecule is N#Cc1cnn(C2CCN(C(=O)c3cc4ccccn4c3)C2)c1. The largest absolute Gasteiger partial charge is 0.336 e. The molecule has 4 rings (SSSR count). The summed E-state index contributed by atoms with van der Waals surface area (Å²) in [5.41, 5.74) is 2.26. The van der Waals surface area contributed by atoms with Gasteiger partial charge in [-0.3, -0.25) is 9.48 Å². The Morgan fingerprint density at radius 2 is 2.26 bits per heavy atom. The van der Waals surface area contributed by atoms with Crippen LogP contribution in [0.25, 0.3) is 5.52 Å². The zero-order valence-electron chi connectivity index (χ0n) is 12.5. The van der Waals surface area contributed by atoms with Gasteiger partial charge >= 0.3 is 0 Å². The molecule has 1 unspecified atom stereocenters. The number of nitrogens with zero attached hydrogens (tertiary/aromatic N) is 5. The van der Waals surface area contributed by atoms with E-state index in [1.54, 1.807) is 17.1 Å². The topological polar surface area (TPSA) is 66.3 Å². The Morgan fingerprint density at radius 1 is 1.35 bits per heavy atom. The van der Waals surface area contributed by atoms with Crippen molar-refractivity contribution in [1.82, 2.24) is 19.1 Å². The van der Waals surface area contributed by atoms with Crippen LogP contribution in [0.3, 0.4) is 0 Å². The summed E-state index contributed by atoms with van der Waals surface area (Å²) in [6, 6.07) is 10.0. The van der Waals surface area contributed by atoms with E-state index in [4.69, 9.17) is 5.26 Å². The van der Waals surface area contributed by atoms with Crippen LogP contribution >= 0.6 is 0 Å². The summed E-state index contributed by atoms with van der Waals surface area (Å²) in [4.78, 5) is 14.5. The fourth-order valence-electron chi connectivity index (χ4n) is 3.09. The molecule has 1 aliphatic heterocycles. The average molecular weight is 305 g/mol. The average Bonchev–Trinajstić information content (AvgIpc) is 3.30. The third kappa shape index (κ3) is 2.36. The van der Waals surface area contributed by atoms with Crippen molar-refractivity contribution in [1.29, 1.82) is 5.26 Å². The lowest BCUT2D eigenvalue weighted by molar-refractivity contribution is 0.0787. The highest BCUT2D eigenvalue weighted by atomic mass is 16.2. The smallest absolute Gasteiger partial charge is 0.255 e.